The van der Waals surface area contributed by atoms with E-state index in [-0.39, 0.29) is 29.8 Å². The molecule has 164 valence electrons. The zero-order chi connectivity index (χ0) is 22.6. The highest BCUT2D eigenvalue weighted by Crippen LogP contribution is 2.28. The minimum absolute atomic E-state index is 0.00724. The van der Waals surface area contributed by atoms with Crippen molar-refractivity contribution in [1.82, 2.24) is 9.78 Å². The summed E-state index contributed by atoms with van der Waals surface area (Å²) in [5, 5.41) is 18.5. The van der Waals surface area contributed by atoms with Crippen molar-refractivity contribution in [2.45, 2.75) is 18.2 Å². The minimum Gasteiger partial charge on any atom is -0.487 e. The molecule has 0 aliphatic heterocycles. The van der Waals surface area contributed by atoms with Crippen LogP contribution in [0.1, 0.15) is 13.3 Å². The minimum atomic E-state index is -3.86. The Hall–Kier alpha value is -3.08. The van der Waals surface area contributed by atoms with E-state index in [0.29, 0.717) is 23.2 Å². The van der Waals surface area contributed by atoms with E-state index in [9.17, 15) is 22.7 Å². The predicted molar refractivity (Wildman–Crippen MR) is 113 cm³/mol. The maximum atomic E-state index is 13.3. The van der Waals surface area contributed by atoms with Crippen molar-refractivity contribution in [2.24, 2.45) is 11.1 Å². The first-order valence-corrected chi connectivity index (χ1v) is 11.0. The van der Waals surface area contributed by atoms with Crippen molar-refractivity contribution in [1.29, 1.82) is 0 Å². The van der Waals surface area contributed by atoms with Gasteiger partial charge in [0.25, 0.3) is 0 Å². The van der Waals surface area contributed by atoms with E-state index in [2.05, 4.69) is 5.10 Å². The molecule has 0 bridgehead atoms. The number of rotatable bonds is 8. The van der Waals surface area contributed by atoms with Crippen LogP contribution in [-0.4, -0.2) is 36.5 Å². The molecule has 0 fully saturated rings. The Morgan fingerprint density at radius 1 is 1.16 bits per heavy atom. The number of hydrogen-bond donors (Lipinski definition) is 2. The van der Waals surface area contributed by atoms with Gasteiger partial charge in [0, 0.05) is 12.2 Å². The fourth-order valence-corrected chi connectivity index (χ4v) is 3.34. The van der Waals surface area contributed by atoms with Gasteiger partial charge in [-0.05, 0) is 54.3 Å². The van der Waals surface area contributed by atoms with Crippen LogP contribution >= 0.6 is 0 Å². The number of ether oxygens (including phenoxy) is 1. The van der Waals surface area contributed by atoms with Crippen molar-refractivity contribution < 1.29 is 22.7 Å². The second-order valence-corrected chi connectivity index (χ2v) is 8.64. The van der Waals surface area contributed by atoms with E-state index in [0.717, 1.165) is 4.68 Å². The normalized spacial score (nSPS) is 12.5. The average Bonchev–Trinajstić information content (AvgIpc) is 2.75. The van der Waals surface area contributed by atoms with E-state index in [1.807, 2.05) is 6.92 Å². The summed E-state index contributed by atoms with van der Waals surface area (Å²) in [4.78, 5) is 13.1. The third-order valence-corrected chi connectivity index (χ3v) is 5.60. The molecule has 0 aliphatic rings. The zero-order valence-corrected chi connectivity index (χ0v) is 17.5. The number of aromatic nitrogens is 2. The molecule has 3 rings (SSSR count). The quantitative estimate of drug-likeness (QED) is 0.545. The summed E-state index contributed by atoms with van der Waals surface area (Å²) in [6, 6.07) is 10.9. The monoisotopic (exact) mass is 447 g/mol. The van der Waals surface area contributed by atoms with Gasteiger partial charge in [0.1, 0.15) is 5.82 Å². The molecule has 0 saturated carbocycles. The molecule has 0 radical (unpaired) electrons. The van der Waals surface area contributed by atoms with Gasteiger partial charge in [0.05, 0.1) is 23.4 Å². The summed E-state index contributed by atoms with van der Waals surface area (Å²) in [5.41, 5.74) is 0.668. The summed E-state index contributed by atoms with van der Waals surface area (Å²) in [7, 11) is -3.86. The van der Waals surface area contributed by atoms with Crippen LogP contribution in [0, 0.1) is 11.7 Å². The standard InChI is InChI=1S/C21H22FN3O5S/c1-14(13-26)10-11-30-20-19(15-2-8-18(9-3-15)31(23,28)29)12-24-25(21(20)27)17-6-4-16(22)5-7-17/h2-9,12,14,26H,10-11,13H2,1H3,(H2,23,28,29). The zero-order valence-electron chi connectivity index (χ0n) is 16.7. The van der Waals surface area contributed by atoms with E-state index in [1.54, 1.807) is 0 Å². The molecule has 1 aromatic heterocycles. The number of halogens is 1. The molecule has 0 amide bonds. The highest BCUT2D eigenvalue weighted by atomic mass is 32.2. The maximum absolute atomic E-state index is 13.3. The van der Waals surface area contributed by atoms with Crippen LogP contribution in [0.3, 0.4) is 0 Å². The molecule has 8 nitrogen and oxygen atoms in total. The molecule has 3 N–H and O–H groups in total. The van der Waals surface area contributed by atoms with Gasteiger partial charge in [-0.1, -0.05) is 19.1 Å². The van der Waals surface area contributed by atoms with Gasteiger partial charge in [0.15, 0.2) is 5.75 Å². The number of hydrogen-bond acceptors (Lipinski definition) is 6. The van der Waals surface area contributed by atoms with Crippen molar-refractivity contribution in [3.8, 4) is 22.6 Å². The number of nitrogens with two attached hydrogens (primary N) is 1. The lowest BCUT2D eigenvalue weighted by molar-refractivity contribution is 0.201. The Morgan fingerprint density at radius 3 is 2.39 bits per heavy atom. The van der Waals surface area contributed by atoms with Crippen LogP contribution in [0.2, 0.25) is 0 Å². The number of sulfonamides is 1. The summed E-state index contributed by atoms with van der Waals surface area (Å²) < 4.78 is 43.1. The van der Waals surface area contributed by atoms with Crippen LogP contribution in [0.15, 0.2) is 64.4 Å². The number of primary sulfonamides is 1. The SMILES string of the molecule is CC(CO)CCOc1c(-c2ccc(S(N)(=O)=O)cc2)cnn(-c2ccc(F)cc2)c1=O. The predicted octanol–water partition coefficient (Wildman–Crippen LogP) is 2.08. The van der Waals surface area contributed by atoms with Gasteiger partial charge in [-0.2, -0.15) is 9.78 Å². The van der Waals surface area contributed by atoms with Crippen LogP contribution in [0.25, 0.3) is 16.8 Å². The first kappa shape index (κ1) is 22.6. The van der Waals surface area contributed by atoms with Crippen molar-refractivity contribution in [2.75, 3.05) is 13.2 Å². The van der Waals surface area contributed by atoms with Gasteiger partial charge in [0.2, 0.25) is 10.0 Å². The first-order chi connectivity index (χ1) is 14.7. The molecule has 0 saturated heterocycles. The fraction of sp³-hybridized carbons (Fsp3) is 0.238. The molecule has 10 heteroatoms. The third-order valence-electron chi connectivity index (χ3n) is 4.67. The number of benzene rings is 2. The lowest BCUT2D eigenvalue weighted by Crippen LogP contribution is -2.24. The molecular weight excluding hydrogens is 425 g/mol. The van der Waals surface area contributed by atoms with Gasteiger partial charge in [-0.25, -0.2) is 17.9 Å². The summed E-state index contributed by atoms with van der Waals surface area (Å²) in [6.45, 7) is 2.01. The summed E-state index contributed by atoms with van der Waals surface area (Å²) in [6.07, 6.45) is 1.93. The molecule has 0 spiro atoms. The van der Waals surface area contributed by atoms with Crippen molar-refractivity contribution in [3.05, 3.63) is 70.9 Å². The van der Waals surface area contributed by atoms with Crippen molar-refractivity contribution in [3.63, 3.8) is 0 Å². The Bertz CT molecular complexity index is 1210. The molecule has 31 heavy (non-hydrogen) atoms. The number of aliphatic hydroxyl groups excluding tert-OH is 1. The van der Waals surface area contributed by atoms with Crippen molar-refractivity contribution >= 4 is 10.0 Å². The smallest absolute Gasteiger partial charge is 0.314 e. The molecular formula is C21H22FN3O5S. The second-order valence-electron chi connectivity index (χ2n) is 7.08. The Kier molecular flexibility index (Phi) is 6.84. The largest absolute Gasteiger partial charge is 0.487 e. The molecule has 1 heterocycles. The Balaban J connectivity index is 2.06. The Labute approximate surface area is 178 Å². The second kappa shape index (κ2) is 9.38. The Morgan fingerprint density at radius 2 is 1.81 bits per heavy atom. The summed E-state index contributed by atoms with van der Waals surface area (Å²) >= 11 is 0. The lowest BCUT2D eigenvalue weighted by atomic mass is 10.1. The molecule has 2 aromatic carbocycles. The van der Waals surface area contributed by atoms with E-state index in [1.165, 1.54) is 54.7 Å². The van der Waals surface area contributed by atoms with Gasteiger partial charge in [-0.3, -0.25) is 4.79 Å². The van der Waals surface area contributed by atoms with Gasteiger partial charge >= 0.3 is 5.56 Å². The van der Waals surface area contributed by atoms with Crippen LogP contribution < -0.4 is 15.4 Å². The summed E-state index contributed by atoms with van der Waals surface area (Å²) in [5.74, 6) is -0.454. The van der Waals surface area contributed by atoms with Gasteiger partial charge in [-0.15, -0.1) is 0 Å². The molecule has 0 aliphatic carbocycles. The highest BCUT2D eigenvalue weighted by Gasteiger charge is 2.17. The van der Waals surface area contributed by atoms with E-state index < -0.39 is 21.4 Å². The van der Waals surface area contributed by atoms with Gasteiger partial charge < -0.3 is 9.84 Å². The van der Waals surface area contributed by atoms with Crippen LogP contribution in [-0.2, 0) is 10.0 Å². The fourth-order valence-electron chi connectivity index (χ4n) is 2.83. The molecule has 1 atom stereocenters. The first-order valence-electron chi connectivity index (χ1n) is 9.46. The third kappa shape index (κ3) is 5.35. The number of aliphatic hydroxyl groups is 1. The van der Waals surface area contributed by atoms with E-state index in [4.69, 9.17) is 9.88 Å². The van der Waals surface area contributed by atoms with Crippen LogP contribution in [0.5, 0.6) is 5.75 Å². The maximum Gasteiger partial charge on any atom is 0.314 e. The topological polar surface area (TPSA) is 125 Å². The number of nitrogens with zero attached hydrogens (tertiary/aromatic N) is 2. The van der Waals surface area contributed by atoms with E-state index >= 15 is 0 Å². The average molecular weight is 447 g/mol. The molecule has 1 unspecified atom stereocenters. The molecule has 3 aromatic rings. The van der Waals surface area contributed by atoms with Crippen LogP contribution in [0.4, 0.5) is 4.39 Å². The lowest BCUT2D eigenvalue weighted by Gasteiger charge is -2.15. The highest BCUT2D eigenvalue weighted by molar-refractivity contribution is 7.89.